The van der Waals surface area contributed by atoms with Crippen LogP contribution in [-0.4, -0.2) is 21.6 Å². The molecule has 4 nitrogen and oxygen atoms in total. The number of ether oxygens (including phenoxy) is 1. The van der Waals surface area contributed by atoms with Gasteiger partial charge in [0.1, 0.15) is 11.6 Å². The van der Waals surface area contributed by atoms with Crippen molar-refractivity contribution in [2.24, 2.45) is 0 Å². The maximum atomic E-state index is 13.5. The highest BCUT2D eigenvalue weighted by atomic mass is 19.1. The number of pyridine rings is 1. The van der Waals surface area contributed by atoms with Gasteiger partial charge >= 0.3 is 0 Å². The largest absolute Gasteiger partial charge is 0.481 e. The molecule has 102 valence electrons. The van der Waals surface area contributed by atoms with Crippen molar-refractivity contribution in [3.05, 3.63) is 48.2 Å². The van der Waals surface area contributed by atoms with Gasteiger partial charge in [0, 0.05) is 18.6 Å². The minimum atomic E-state index is -0.275. The molecule has 0 fully saturated rings. The number of benzene rings is 1. The molecule has 1 aromatic carbocycles. The van der Waals surface area contributed by atoms with Crippen molar-refractivity contribution in [2.45, 2.75) is 13.3 Å². The Morgan fingerprint density at radius 3 is 2.75 bits per heavy atom. The fourth-order valence-electron chi connectivity index (χ4n) is 2.25. The third-order valence-corrected chi connectivity index (χ3v) is 3.19. The number of rotatable bonds is 3. The summed E-state index contributed by atoms with van der Waals surface area (Å²) in [6.45, 7) is 2.02. The Labute approximate surface area is 115 Å². The van der Waals surface area contributed by atoms with Crippen molar-refractivity contribution >= 4 is 11.0 Å². The lowest BCUT2D eigenvalue weighted by molar-refractivity contribution is 0.398. The number of nitrogens with zero attached hydrogens (tertiary/aromatic N) is 3. The zero-order chi connectivity index (χ0) is 14.1. The van der Waals surface area contributed by atoms with E-state index in [1.807, 2.05) is 17.6 Å². The quantitative estimate of drug-likeness (QED) is 0.734. The lowest BCUT2D eigenvalue weighted by atomic mass is 10.3. The van der Waals surface area contributed by atoms with Gasteiger partial charge in [-0.05, 0) is 18.2 Å². The minimum absolute atomic E-state index is 0.275. The molecule has 0 bridgehead atoms. The Kier molecular flexibility index (Phi) is 3.10. The molecule has 20 heavy (non-hydrogen) atoms. The average Bonchev–Trinajstić information content (AvgIpc) is 2.85. The summed E-state index contributed by atoms with van der Waals surface area (Å²) in [6.07, 6.45) is 2.45. The first kappa shape index (κ1) is 12.6. The highest BCUT2D eigenvalue weighted by Crippen LogP contribution is 2.23. The van der Waals surface area contributed by atoms with E-state index in [0.29, 0.717) is 5.88 Å². The van der Waals surface area contributed by atoms with Crippen LogP contribution in [-0.2, 0) is 6.42 Å². The van der Waals surface area contributed by atoms with E-state index in [-0.39, 0.29) is 5.82 Å². The predicted molar refractivity (Wildman–Crippen MR) is 74.8 cm³/mol. The highest BCUT2D eigenvalue weighted by molar-refractivity contribution is 5.78. The van der Waals surface area contributed by atoms with Gasteiger partial charge in [0.05, 0.1) is 30.0 Å². The molecule has 0 aliphatic heterocycles. The molecule has 0 saturated carbocycles. The number of aromatic nitrogens is 3. The Morgan fingerprint density at radius 1 is 1.25 bits per heavy atom. The zero-order valence-electron chi connectivity index (χ0n) is 11.3. The number of hydrogen-bond donors (Lipinski definition) is 0. The normalized spacial score (nSPS) is 10.9. The summed E-state index contributed by atoms with van der Waals surface area (Å²) in [5.41, 5.74) is 2.36. The third kappa shape index (κ3) is 2.01. The number of halogens is 1. The van der Waals surface area contributed by atoms with Gasteiger partial charge in [-0.3, -0.25) is 4.57 Å². The minimum Gasteiger partial charge on any atom is -0.481 e. The van der Waals surface area contributed by atoms with Gasteiger partial charge in [-0.2, -0.15) is 0 Å². The molecule has 0 atom stereocenters. The van der Waals surface area contributed by atoms with Crippen molar-refractivity contribution in [3.8, 4) is 11.6 Å². The standard InChI is InChI=1S/C15H14FN3O/c1-3-14-18-12-6-4-10(16)8-13(12)19(14)11-5-7-15(20-2)17-9-11/h4-9H,3H2,1-2H3. The Bertz CT molecular complexity index is 750. The maximum Gasteiger partial charge on any atom is 0.213 e. The number of fused-ring (bicyclic) bond motifs is 1. The molecule has 3 aromatic rings. The van der Waals surface area contributed by atoms with Gasteiger partial charge in [0.25, 0.3) is 0 Å². The monoisotopic (exact) mass is 271 g/mol. The highest BCUT2D eigenvalue weighted by Gasteiger charge is 2.12. The van der Waals surface area contributed by atoms with Crippen LogP contribution in [0.4, 0.5) is 4.39 Å². The van der Waals surface area contributed by atoms with Crippen LogP contribution < -0.4 is 4.74 Å². The maximum absolute atomic E-state index is 13.5. The molecule has 0 unspecified atom stereocenters. The van der Waals surface area contributed by atoms with Crippen molar-refractivity contribution in [2.75, 3.05) is 7.11 Å². The van der Waals surface area contributed by atoms with E-state index in [1.165, 1.54) is 12.1 Å². The molecule has 0 aliphatic carbocycles. The molecule has 0 saturated heterocycles. The Hall–Kier alpha value is -2.43. The fourth-order valence-corrected chi connectivity index (χ4v) is 2.25. The van der Waals surface area contributed by atoms with Crippen molar-refractivity contribution in [1.82, 2.24) is 14.5 Å². The molecular formula is C15H14FN3O. The van der Waals surface area contributed by atoms with E-state index >= 15 is 0 Å². The van der Waals surface area contributed by atoms with Crippen LogP contribution in [0, 0.1) is 5.82 Å². The van der Waals surface area contributed by atoms with Crippen molar-refractivity contribution < 1.29 is 9.13 Å². The summed E-state index contributed by atoms with van der Waals surface area (Å²) in [6, 6.07) is 8.27. The van der Waals surface area contributed by atoms with Crippen molar-refractivity contribution in [3.63, 3.8) is 0 Å². The smallest absolute Gasteiger partial charge is 0.213 e. The van der Waals surface area contributed by atoms with E-state index in [4.69, 9.17) is 4.74 Å². The second kappa shape index (κ2) is 4.92. The predicted octanol–water partition coefficient (Wildman–Crippen LogP) is 3.13. The van der Waals surface area contributed by atoms with Crippen LogP contribution in [0.3, 0.4) is 0 Å². The van der Waals surface area contributed by atoms with Gasteiger partial charge in [-0.1, -0.05) is 6.92 Å². The molecule has 0 radical (unpaired) electrons. The van der Waals surface area contributed by atoms with E-state index in [2.05, 4.69) is 9.97 Å². The van der Waals surface area contributed by atoms with Crippen LogP contribution >= 0.6 is 0 Å². The molecule has 3 rings (SSSR count). The summed E-state index contributed by atoms with van der Waals surface area (Å²) >= 11 is 0. The summed E-state index contributed by atoms with van der Waals surface area (Å²) < 4.78 is 20.5. The number of aryl methyl sites for hydroxylation is 1. The van der Waals surface area contributed by atoms with Crippen LogP contribution in [0.15, 0.2) is 36.5 Å². The Morgan fingerprint density at radius 2 is 2.10 bits per heavy atom. The first-order chi connectivity index (χ1) is 9.72. The summed E-state index contributed by atoms with van der Waals surface area (Å²) in [7, 11) is 1.57. The van der Waals surface area contributed by atoms with Gasteiger partial charge in [0.2, 0.25) is 5.88 Å². The molecule has 2 aromatic heterocycles. The number of hydrogen-bond acceptors (Lipinski definition) is 3. The average molecular weight is 271 g/mol. The van der Waals surface area contributed by atoms with Crippen LogP contribution in [0.1, 0.15) is 12.7 Å². The first-order valence-electron chi connectivity index (χ1n) is 6.40. The summed E-state index contributed by atoms with van der Waals surface area (Å²) in [4.78, 5) is 8.72. The van der Waals surface area contributed by atoms with Gasteiger partial charge < -0.3 is 4.74 Å². The first-order valence-corrected chi connectivity index (χ1v) is 6.40. The van der Waals surface area contributed by atoms with Crippen LogP contribution in [0.2, 0.25) is 0 Å². The fraction of sp³-hybridized carbons (Fsp3) is 0.200. The second-order valence-electron chi connectivity index (χ2n) is 4.41. The summed E-state index contributed by atoms with van der Waals surface area (Å²) in [5, 5.41) is 0. The molecule has 0 N–H and O–H groups in total. The number of imidazole rings is 1. The molecular weight excluding hydrogens is 257 g/mol. The van der Waals surface area contributed by atoms with E-state index < -0.39 is 0 Å². The lowest BCUT2D eigenvalue weighted by Gasteiger charge is -2.08. The molecule has 2 heterocycles. The van der Waals surface area contributed by atoms with Crippen molar-refractivity contribution in [1.29, 1.82) is 0 Å². The molecule has 0 aliphatic rings. The Balaban J connectivity index is 2.24. The van der Waals surface area contributed by atoms with E-state index in [9.17, 15) is 4.39 Å². The molecule has 0 spiro atoms. The van der Waals surface area contributed by atoms with E-state index in [0.717, 1.165) is 29.0 Å². The third-order valence-electron chi connectivity index (χ3n) is 3.19. The van der Waals surface area contributed by atoms with Gasteiger partial charge in [0.15, 0.2) is 0 Å². The molecule has 5 heteroatoms. The topological polar surface area (TPSA) is 39.9 Å². The van der Waals surface area contributed by atoms with Gasteiger partial charge in [-0.25, -0.2) is 14.4 Å². The number of methoxy groups -OCH3 is 1. The molecule has 0 amide bonds. The summed E-state index contributed by atoms with van der Waals surface area (Å²) in [5.74, 6) is 1.14. The van der Waals surface area contributed by atoms with Crippen LogP contribution in [0.25, 0.3) is 16.7 Å². The van der Waals surface area contributed by atoms with E-state index in [1.54, 1.807) is 25.4 Å². The second-order valence-corrected chi connectivity index (χ2v) is 4.41. The zero-order valence-corrected chi connectivity index (χ0v) is 11.3. The lowest BCUT2D eigenvalue weighted by Crippen LogP contribution is -2.01. The van der Waals surface area contributed by atoms with Crippen LogP contribution in [0.5, 0.6) is 5.88 Å². The van der Waals surface area contributed by atoms with Gasteiger partial charge in [-0.15, -0.1) is 0 Å². The SMILES string of the molecule is CCc1nc2ccc(F)cc2n1-c1ccc(OC)nc1.